The number of hydrogen-bond acceptors (Lipinski definition) is 2. The lowest BCUT2D eigenvalue weighted by atomic mass is 10.1. The lowest BCUT2D eigenvalue weighted by Crippen LogP contribution is -2.15. The molecular formula is C12H16BrNS. The Morgan fingerprint density at radius 1 is 1.33 bits per heavy atom. The van der Waals surface area contributed by atoms with Crippen molar-refractivity contribution in [3.63, 3.8) is 0 Å². The van der Waals surface area contributed by atoms with Gasteiger partial charge in [0, 0.05) is 9.37 Å². The molecule has 0 spiro atoms. The Morgan fingerprint density at radius 3 is 2.67 bits per heavy atom. The van der Waals surface area contributed by atoms with Crippen molar-refractivity contribution in [1.29, 1.82) is 0 Å². The molecule has 1 nitrogen and oxygen atoms in total. The Labute approximate surface area is 104 Å². The minimum Gasteiger partial charge on any atom is -0.330 e. The van der Waals surface area contributed by atoms with Gasteiger partial charge in [0.2, 0.25) is 0 Å². The molecule has 2 N–H and O–H groups in total. The van der Waals surface area contributed by atoms with Crippen molar-refractivity contribution >= 4 is 27.7 Å². The average Bonchev–Trinajstić information content (AvgIpc) is 3.02. The zero-order valence-corrected chi connectivity index (χ0v) is 11.1. The first kappa shape index (κ1) is 11.5. The fraction of sp³-hybridized carbons (Fsp3) is 0.500. The lowest BCUT2D eigenvalue weighted by Gasteiger charge is -2.11. The molecule has 0 unspecified atom stereocenters. The summed E-state index contributed by atoms with van der Waals surface area (Å²) in [6.45, 7) is 0.865. The monoisotopic (exact) mass is 285 g/mol. The van der Waals surface area contributed by atoms with Gasteiger partial charge in [-0.3, -0.25) is 0 Å². The van der Waals surface area contributed by atoms with Crippen LogP contribution in [0.2, 0.25) is 0 Å². The SMILES string of the molecule is NCC1(CCSc2ccccc2Br)CC1. The van der Waals surface area contributed by atoms with Crippen molar-refractivity contribution in [2.45, 2.75) is 24.2 Å². The van der Waals surface area contributed by atoms with E-state index in [1.165, 1.54) is 34.4 Å². The maximum atomic E-state index is 5.76. The molecule has 0 atom stereocenters. The van der Waals surface area contributed by atoms with E-state index in [9.17, 15) is 0 Å². The third kappa shape index (κ3) is 2.99. The fourth-order valence-corrected chi connectivity index (χ4v) is 3.44. The van der Waals surface area contributed by atoms with Crippen molar-refractivity contribution < 1.29 is 0 Å². The van der Waals surface area contributed by atoms with E-state index in [0.29, 0.717) is 5.41 Å². The maximum Gasteiger partial charge on any atom is 0.0311 e. The van der Waals surface area contributed by atoms with Crippen LogP contribution < -0.4 is 5.73 Å². The van der Waals surface area contributed by atoms with Gasteiger partial charge in [-0.25, -0.2) is 0 Å². The van der Waals surface area contributed by atoms with Gasteiger partial charge in [-0.1, -0.05) is 12.1 Å². The van der Waals surface area contributed by atoms with E-state index in [4.69, 9.17) is 5.73 Å². The molecule has 1 saturated carbocycles. The third-order valence-corrected chi connectivity index (χ3v) is 5.15. The Bertz CT molecular complexity index is 336. The first-order valence-corrected chi connectivity index (χ1v) is 7.11. The van der Waals surface area contributed by atoms with Gasteiger partial charge in [0.15, 0.2) is 0 Å². The molecule has 0 bridgehead atoms. The average molecular weight is 286 g/mol. The molecular weight excluding hydrogens is 270 g/mol. The van der Waals surface area contributed by atoms with Crippen molar-refractivity contribution in [3.05, 3.63) is 28.7 Å². The highest BCUT2D eigenvalue weighted by Crippen LogP contribution is 2.48. The van der Waals surface area contributed by atoms with Crippen molar-refractivity contribution in [3.8, 4) is 0 Å². The Hall–Kier alpha value is 0.01000. The highest BCUT2D eigenvalue weighted by Gasteiger charge is 2.40. The van der Waals surface area contributed by atoms with Crippen molar-refractivity contribution in [2.75, 3.05) is 12.3 Å². The number of hydrogen-bond donors (Lipinski definition) is 1. The summed E-state index contributed by atoms with van der Waals surface area (Å²) in [7, 11) is 0. The molecule has 1 aliphatic carbocycles. The zero-order valence-electron chi connectivity index (χ0n) is 8.71. The van der Waals surface area contributed by atoms with Crippen LogP contribution in [-0.4, -0.2) is 12.3 Å². The minimum absolute atomic E-state index is 0.508. The Balaban J connectivity index is 1.81. The number of nitrogens with two attached hydrogens (primary N) is 1. The first-order chi connectivity index (χ1) is 7.26. The van der Waals surface area contributed by atoms with Crippen LogP contribution in [0.4, 0.5) is 0 Å². The van der Waals surface area contributed by atoms with Gasteiger partial charge in [0.05, 0.1) is 0 Å². The second-order valence-electron chi connectivity index (χ2n) is 4.23. The van der Waals surface area contributed by atoms with Crippen LogP contribution in [0.5, 0.6) is 0 Å². The topological polar surface area (TPSA) is 26.0 Å². The molecule has 0 aromatic heterocycles. The summed E-state index contributed by atoms with van der Waals surface area (Å²) < 4.78 is 1.20. The van der Waals surface area contributed by atoms with E-state index in [0.717, 1.165) is 6.54 Å². The molecule has 1 aliphatic rings. The highest BCUT2D eigenvalue weighted by molar-refractivity contribution is 9.10. The van der Waals surface area contributed by atoms with Crippen LogP contribution in [-0.2, 0) is 0 Å². The van der Waals surface area contributed by atoms with Gasteiger partial charge in [-0.15, -0.1) is 11.8 Å². The molecule has 1 aromatic carbocycles. The molecule has 0 heterocycles. The lowest BCUT2D eigenvalue weighted by molar-refractivity contribution is 0.509. The molecule has 0 radical (unpaired) electrons. The molecule has 0 amide bonds. The second-order valence-corrected chi connectivity index (χ2v) is 6.22. The van der Waals surface area contributed by atoms with Gasteiger partial charge in [0.1, 0.15) is 0 Å². The molecule has 0 aliphatic heterocycles. The predicted octanol–water partition coefficient (Wildman–Crippen LogP) is 3.67. The maximum absolute atomic E-state index is 5.76. The van der Waals surface area contributed by atoms with E-state index in [1.807, 2.05) is 11.8 Å². The normalized spacial score (nSPS) is 17.7. The summed E-state index contributed by atoms with van der Waals surface area (Å²) in [5, 5.41) is 0. The van der Waals surface area contributed by atoms with E-state index in [2.05, 4.69) is 40.2 Å². The number of thioether (sulfide) groups is 1. The van der Waals surface area contributed by atoms with Crippen LogP contribution >= 0.6 is 27.7 Å². The van der Waals surface area contributed by atoms with Crippen molar-refractivity contribution in [1.82, 2.24) is 0 Å². The van der Waals surface area contributed by atoms with E-state index < -0.39 is 0 Å². The zero-order chi connectivity index (χ0) is 10.7. The first-order valence-electron chi connectivity index (χ1n) is 5.33. The van der Waals surface area contributed by atoms with Crippen molar-refractivity contribution in [2.24, 2.45) is 11.1 Å². The quantitative estimate of drug-likeness (QED) is 0.836. The summed E-state index contributed by atoms with van der Waals surface area (Å²) in [5.74, 6) is 1.18. The van der Waals surface area contributed by atoms with E-state index in [-0.39, 0.29) is 0 Å². The van der Waals surface area contributed by atoms with Crippen LogP contribution in [0.1, 0.15) is 19.3 Å². The summed E-state index contributed by atoms with van der Waals surface area (Å²) >= 11 is 5.49. The Morgan fingerprint density at radius 2 is 2.07 bits per heavy atom. The van der Waals surface area contributed by atoms with Gasteiger partial charge >= 0.3 is 0 Å². The molecule has 3 heteroatoms. The molecule has 15 heavy (non-hydrogen) atoms. The van der Waals surface area contributed by atoms with Crippen LogP contribution in [0.15, 0.2) is 33.6 Å². The molecule has 1 fully saturated rings. The predicted molar refractivity (Wildman–Crippen MR) is 70.2 cm³/mol. The molecule has 2 rings (SSSR count). The summed E-state index contributed by atoms with van der Waals surface area (Å²) in [6, 6.07) is 8.40. The van der Waals surface area contributed by atoms with Gasteiger partial charge in [-0.2, -0.15) is 0 Å². The summed E-state index contributed by atoms with van der Waals surface area (Å²) in [6.07, 6.45) is 3.93. The third-order valence-electron chi connectivity index (χ3n) is 3.12. The summed E-state index contributed by atoms with van der Waals surface area (Å²) in [5.41, 5.74) is 6.27. The second kappa shape index (κ2) is 4.89. The van der Waals surface area contributed by atoms with Gasteiger partial charge < -0.3 is 5.73 Å². The van der Waals surface area contributed by atoms with E-state index >= 15 is 0 Å². The standard InChI is InChI=1S/C12H16BrNS/c13-10-3-1-2-4-11(10)15-8-7-12(9-14)5-6-12/h1-4H,5-9,14H2. The fourth-order valence-electron chi connectivity index (χ4n) is 1.67. The highest BCUT2D eigenvalue weighted by atomic mass is 79.9. The number of rotatable bonds is 5. The van der Waals surface area contributed by atoms with E-state index in [1.54, 1.807) is 0 Å². The molecule has 0 saturated heterocycles. The number of benzene rings is 1. The number of halogens is 1. The Kier molecular flexibility index (Phi) is 3.75. The minimum atomic E-state index is 0.508. The molecule has 82 valence electrons. The van der Waals surface area contributed by atoms with Gasteiger partial charge in [0.25, 0.3) is 0 Å². The van der Waals surface area contributed by atoms with Gasteiger partial charge in [-0.05, 0) is 65.0 Å². The largest absolute Gasteiger partial charge is 0.330 e. The summed E-state index contributed by atoms with van der Waals surface area (Å²) in [4.78, 5) is 1.34. The smallest absolute Gasteiger partial charge is 0.0311 e. The molecule has 1 aromatic rings. The van der Waals surface area contributed by atoms with Crippen LogP contribution in [0.25, 0.3) is 0 Å². The van der Waals surface area contributed by atoms with Crippen LogP contribution in [0, 0.1) is 5.41 Å². The van der Waals surface area contributed by atoms with Crippen LogP contribution in [0.3, 0.4) is 0 Å².